The minimum Gasteiger partial charge on any atom is -0.493 e. The third-order valence-corrected chi connectivity index (χ3v) is 7.67. The van der Waals surface area contributed by atoms with Crippen molar-refractivity contribution in [3.05, 3.63) is 70.8 Å². The first kappa shape index (κ1) is 28.8. The Labute approximate surface area is 234 Å². The van der Waals surface area contributed by atoms with E-state index in [-0.39, 0.29) is 12.6 Å². The first-order valence-electron chi connectivity index (χ1n) is 14.9. The highest BCUT2D eigenvalue weighted by atomic mass is 16.5. The van der Waals surface area contributed by atoms with Crippen LogP contribution in [0.2, 0.25) is 0 Å². The summed E-state index contributed by atoms with van der Waals surface area (Å²) >= 11 is 0. The van der Waals surface area contributed by atoms with Gasteiger partial charge in [-0.05, 0) is 43.9 Å². The average molecular weight is 533 g/mol. The lowest BCUT2D eigenvalue weighted by Gasteiger charge is -2.44. The third kappa shape index (κ3) is 6.18. The third-order valence-electron chi connectivity index (χ3n) is 7.67. The summed E-state index contributed by atoms with van der Waals surface area (Å²) < 4.78 is 24.6. The second kappa shape index (κ2) is 13.7. The molecule has 0 bridgehead atoms. The van der Waals surface area contributed by atoms with Crippen molar-refractivity contribution in [1.29, 1.82) is 0 Å². The van der Waals surface area contributed by atoms with E-state index in [1.165, 1.54) is 25.7 Å². The molecule has 5 heteroatoms. The van der Waals surface area contributed by atoms with Crippen molar-refractivity contribution in [2.45, 2.75) is 90.9 Å². The van der Waals surface area contributed by atoms with Crippen molar-refractivity contribution in [1.82, 2.24) is 0 Å². The Balaban J connectivity index is 1.72. The topological polar surface area (TPSA) is 54.0 Å². The second-order valence-electron chi connectivity index (χ2n) is 10.4. The maximum absolute atomic E-state index is 12.9. The van der Waals surface area contributed by atoms with Gasteiger partial charge < -0.3 is 18.9 Å². The summed E-state index contributed by atoms with van der Waals surface area (Å²) in [4.78, 5) is 12.9. The monoisotopic (exact) mass is 532 g/mol. The highest BCUT2D eigenvalue weighted by Gasteiger charge is 2.51. The van der Waals surface area contributed by atoms with Crippen molar-refractivity contribution in [2.75, 3.05) is 19.8 Å². The number of carbonyl (C=O) groups excluding carboxylic acids is 1. The molecular weight excluding hydrogens is 488 g/mol. The zero-order chi connectivity index (χ0) is 27.7. The molecule has 0 amide bonds. The van der Waals surface area contributed by atoms with E-state index in [9.17, 15) is 4.79 Å². The number of cyclic esters (lactones) is 1. The van der Waals surface area contributed by atoms with Crippen LogP contribution in [0, 0.1) is 0 Å². The lowest BCUT2D eigenvalue weighted by molar-refractivity contribution is -0.141. The van der Waals surface area contributed by atoms with Crippen LogP contribution in [0.25, 0.3) is 0 Å². The van der Waals surface area contributed by atoms with E-state index in [2.05, 4.69) is 32.1 Å². The summed E-state index contributed by atoms with van der Waals surface area (Å²) in [6.07, 6.45) is 14.0. The molecule has 2 aliphatic heterocycles. The van der Waals surface area contributed by atoms with E-state index in [4.69, 9.17) is 18.9 Å². The number of carbonyl (C=O) groups is 1. The molecule has 2 heterocycles. The van der Waals surface area contributed by atoms with Crippen LogP contribution in [0.15, 0.2) is 59.7 Å². The maximum atomic E-state index is 12.9. The van der Waals surface area contributed by atoms with Gasteiger partial charge in [0.1, 0.15) is 29.6 Å². The maximum Gasteiger partial charge on any atom is 0.338 e. The fourth-order valence-electron chi connectivity index (χ4n) is 5.67. The summed E-state index contributed by atoms with van der Waals surface area (Å²) in [7, 11) is 0. The van der Waals surface area contributed by atoms with E-state index in [1.54, 1.807) is 0 Å². The Kier molecular flexibility index (Phi) is 10.1. The van der Waals surface area contributed by atoms with Gasteiger partial charge in [0, 0.05) is 23.3 Å². The molecule has 0 atom stereocenters. The Hall–Kier alpha value is -3.21. The molecule has 0 radical (unpaired) electrons. The van der Waals surface area contributed by atoms with Crippen molar-refractivity contribution in [2.24, 2.45) is 0 Å². The number of benzene rings is 2. The van der Waals surface area contributed by atoms with Gasteiger partial charge in [-0.3, -0.25) is 0 Å². The molecule has 2 aromatic carbocycles. The molecule has 5 nitrogen and oxygen atoms in total. The molecule has 0 aromatic heterocycles. The summed E-state index contributed by atoms with van der Waals surface area (Å²) in [6.45, 7) is 10.0. The molecule has 210 valence electrons. The van der Waals surface area contributed by atoms with Crippen molar-refractivity contribution in [3.8, 4) is 23.0 Å². The number of allylic oxidation sites excluding steroid dienone is 2. The van der Waals surface area contributed by atoms with Gasteiger partial charge in [-0.25, -0.2) is 4.79 Å². The molecular formula is C34H44O5. The molecule has 0 saturated carbocycles. The van der Waals surface area contributed by atoms with Crippen LogP contribution < -0.4 is 14.2 Å². The average Bonchev–Trinajstić information content (AvgIpc) is 2.94. The van der Waals surface area contributed by atoms with E-state index >= 15 is 0 Å². The molecule has 1 fully saturated rings. The van der Waals surface area contributed by atoms with E-state index in [0.29, 0.717) is 18.8 Å². The molecule has 0 aliphatic carbocycles. The smallest absolute Gasteiger partial charge is 0.338 e. The fraction of sp³-hybridized carbons (Fsp3) is 0.500. The molecule has 0 unspecified atom stereocenters. The van der Waals surface area contributed by atoms with Crippen LogP contribution in [0.5, 0.6) is 23.0 Å². The number of ether oxygens (including phenoxy) is 4. The Bertz CT molecular complexity index is 1130. The van der Waals surface area contributed by atoms with Gasteiger partial charge in [-0.1, -0.05) is 83.6 Å². The SMILES string of the molecule is CC=C1C(=CCC)C(=O)OCC12c1ccc(OCCCCCC)cc1Oc1cc(OCCCCCC)ccc12. The Morgan fingerprint density at radius 3 is 1.87 bits per heavy atom. The normalized spacial score (nSPS) is 17.5. The van der Waals surface area contributed by atoms with Crippen molar-refractivity contribution < 1.29 is 23.7 Å². The van der Waals surface area contributed by atoms with Gasteiger partial charge >= 0.3 is 5.97 Å². The molecule has 1 spiro atoms. The molecule has 2 aliphatic rings. The minimum absolute atomic E-state index is 0.213. The number of hydrogen-bond acceptors (Lipinski definition) is 5. The lowest BCUT2D eigenvalue weighted by atomic mass is 9.64. The van der Waals surface area contributed by atoms with Crippen molar-refractivity contribution >= 4 is 5.97 Å². The molecule has 39 heavy (non-hydrogen) atoms. The number of esters is 1. The lowest BCUT2D eigenvalue weighted by Crippen LogP contribution is -2.44. The molecule has 0 N–H and O–H groups in total. The predicted molar refractivity (Wildman–Crippen MR) is 156 cm³/mol. The first-order valence-corrected chi connectivity index (χ1v) is 14.9. The van der Waals surface area contributed by atoms with Crippen LogP contribution in [0.3, 0.4) is 0 Å². The Morgan fingerprint density at radius 2 is 1.38 bits per heavy atom. The quantitative estimate of drug-likeness (QED) is 0.146. The second-order valence-corrected chi connectivity index (χ2v) is 10.4. The first-order chi connectivity index (χ1) is 19.1. The molecule has 2 aromatic rings. The zero-order valence-electron chi connectivity index (χ0n) is 24.1. The molecule has 4 rings (SSSR count). The predicted octanol–water partition coefficient (Wildman–Crippen LogP) is 8.84. The highest BCUT2D eigenvalue weighted by Crippen LogP contribution is 2.56. The number of rotatable bonds is 13. The van der Waals surface area contributed by atoms with Crippen LogP contribution in [0.1, 0.15) is 96.6 Å². The standard InChI is InChI=1S/C34H44O5/c1-5-9-11-13-20-36-25-16-18-29-31(22-25)39-32-23-26(37-21-14-12-10-6-2)17-19-30(32)34(29)24-38-33(35)27(15-7-3)28(34)8-4/h8,15-19,22-23H,5-7,9-14,20-21,24H2,1-4H3. The number of unbranched alkanes of at least 4 members (excludes halogenated alkanes) is 6. The van der Waals surface area contributed by atoms with Crippen LogP contribution >= 0.6 is 0 Å². The van der Waals surface area contributed by atoms with Gasteiger partial charge in [0.25, 0.3) is 0 Å². The fourth-order valence-corrected chi connectivity index (χ4v) is 5.67. The summed E-state index contributed by atoms with van der Waals surface area (Å²) in [5.41, 5.74) is 2.85. The van der Waals surface area contributed by atoms with E-state index in [1.807, 2.05) is 44.2 Å². The summed E-state index contributed by atoms with van der Waals surface area (Å²) in [5, 5.41) is 0. The molecule has 1 saturated heterocycles. The number of fused-ring (bicyclic) bond motifs is 4. The van der Waals surface area contributed by atoms with Crippen LogP contribution in [-0.2, 0) is 14.9 Å². The number of hydrogen-bond donors (Lipinski definition) is 0. The minimum atomic E-state index is -0.675. The van der Waals surface area contributed by atoms with Gasteiger partial charge in [0.15, 0.2) is 0 Å². The van der Waals surface area contributed by atoms with Gasteiger partial charge in [-0.2, -0.15) is 0 Å². The zero-order valence-corrected chi connectivity index (χ0v) is 24.1. The summed E-state index contributed by atoms with van der Waals surface area (Å²) in [6, 6.07) is 12.1. The van der Waals surface area contributed by atoms with Crippen molar-refractivity contribution in [3.63, 3.8) is 0 Å². The van der Waals surface area contributed by atoms with Gasteiger partial charge in [0.2, 0.25) is 0 Å². The van der Waals surface area contributed by atoms with E-state index < -0.39 is 5.41 Å². The van der Waals surface area contributed by atoms with E-state index in [0.717, 1.165) is 71.8 Å². The summed E-state index contributed by atoms with van der Waals surface area (Å²) in [5.74, 6) is 2.74. The highest BCUT2D eigenvalue weighted by molar-refractivity contribution is 5.97. The van der Waals surface area contributed by atoms with Gasteiger partial charge in [-0.15, -0.1) is 0 Å². The Morgan fingerprint density at radius 1 is 0.821 bits per heavy atom. The largest absolute Gasteiger partial charge is 0.493 e. The van der Waals surface area contributed by atoms with Crippen LogP contribution in [0.4, 0.5) is 0 Å². The van der Waals surface area contributed by atoms with Gasteiger partial charge in [0.05, 0.1) is 24.2 Å². The van der Waals surface area contributed by atoms with Crippen LogP contribution in [-0.4, -0.2) is 25.8 Å².